The Morgan fingerprint density at radius 3 is 2.36 bits per heavy atom. The van der Waals surface area contributed by atoms with E-state index < -0.39 is 10.0 Å². The number of ether oxygens (including phenoxy) is 2. The average Bonchev–Trinajstić information content (AvgIpc) is 2.70. The first-order valence-corrected chi connectivity index (χ1v) is 11.1. The van der Waals surface area contributed by atoms with Crippen molar-refractivity contribution in [2.24, 2.45) is 0 Å². The van der Waals surface area contributed by atoms with Gasteiger partial charge in [-0.3, -0.25) is 0 Å². The molecule has 0 amide bonds. The topological polar surface area (TPSA) is 59.1 Å². The van der Waals surface area contributed by atoms with E-state index in [2.05, 4.69) is 4.90 Å². The zero-order chi connectivity index (χ0) is 20.3. The molecule has 0 N–H and O–H groups in total. The van der Waals surface area contributed by atoms with E-state index in [4.69, 9.17) is 32.7 Å². The van der Waals surface area contributed by atoms with Crippen molar-refractivity contribution < 1.29 is 17.9 Å². The fourth-order valence-electron chi connectivity index (χ4n) is 3.21. The molecule has 28 heavy (non-hydrogen) atoms. The lowest BCUT2D eigenvalue weighted by atomic mass is 10.2. The number of piperazine rings is 1. The Labute approximate surface area is 175 Å². The predicted octanol–water partition coefficient (Wildman–Crippen LogP) is 3.91. The zero-order valence-electron chi connectivity index (χ0n) is 15.7. The van der Waals surface area contributed by atoms with Crippen LogP contribution in [0.4, 0.5) is 5.69 Å². The molecular formula is C19H22Cl2N2O4S. The minimum absolute atomic E-state index is 0.0209. The van der Waals surface area contributed by atoms with Crippen molar-refractivity contribution in [3.8, 4) is 11.5 Å². The number of para-hydroxylation sites is 2. The van der Waals surface area contributed by atoms with Crippen molar-refractivity contribution in [3.63, 3.8) is 0 Å². The van der Waals surface area contributed by atoms with Gasteiger partial charge in [-0.25, -0.2) is 8.42 Å². The Balaban J connectivity index is 1.81. The highest BCUT2D eigenvalue weighted by Gasteiger charge is 2.32. The number of methoxy groups -OCH3 is 1. The molecule has 2 aromatic rings. The molecule has 0 saturated carbocycles. The number of hydrogen-bond donors (Lipinski definition) is 0. The van der Waals surface area contributed by atoms with E-state index in [1.165, 1.54) is 23.5 Å². The first-order chi connectivity index (χ1) is 13.4. The third-order valence-electron chi connectivity index (χ3n) is 4.58. The quantitative estimate of drug-likeness (QED) is 0.675. The summed E-state index contributed by atoms with van der Waals surface area (Å²) in [6.07, 6.45) is 0. The lowest BCUT2D eigenvalue weighted by Crippen LogP contribution is -2.48. The van der Waals surface area contributed by atoms with Crippen molar-refractivity contribution in [1.29, 1.82) is 0 Å². The Hall–Kier alpha value is -1.67. The van der Waals surface area contributed by atoms with Gasteiger partial charge in [0.2, 0.25) is 10.0 Å². The molecule has 1 saturated heterocycles. The van der Waals surface area contributed by atoms with Crippen LogP contribution in [-0.4, -0.2) is 52.6 Å². The van der Waals surface area contributed by atoms with Gasteiger partial charge in [-0.05, 0) is 31.2 Å². The van der Waals surface area contributed by atoms with Crippen molar-refractivity contribution in [2.75, 3.05) is 44.8 Å². The van der Waals surface area contributed by atoms with Crippen LogP contribution in [-0.2, 0) is 10.0 Å². The summed E-state index contributed by atoms with van der Waals surface area (Å²) in [6.45, 7) is 4.28. The first kappa shape index (κ1) is 21.0. The van der Waals surface area contributed by atoms with Gasteiger partial charge in [-0.1, -0.05) is 35.3 Å². The smallest absolute Gasteiger partial charge is 0.246 e. The van der Waals surface area contributed by atoms with Gasteiger partial charge in [-0.2, -0.15) is 4.31 Å². The summed E-state index contributed by atoms with van der Waals surface area (Å²) in [7, 11) is -2.39. The van der Waals surface area contributed by atoms with Gasteiger partial charge in [0.05, 0.1) is 24.4 Å². The van der Waals surface area contributed by atoms with E-state index in [0.717, 1.165) is 11.4 Å². The standard InChI is InChI=1S/C19H22Cl2N2O4S/c1-3-27-16-7-5-4-6-15(16)22-10-12-23(13-11-22)28(24,25)17-9-8-14(20)18(21)19(17)26-2/h4-9H,3,10-13H2,1-2H3. The zero-order valence-corrected chi connectivity index (χ0v) is 18.0. The number of benzene rings is 2. The van der Waals surface area contributed by atoms with E-state index in [1.54, 1.807) is 0 Å². The van der Waals surface area contributed by atoms with Crippen molar-refractivity contribution in [3.05, 3.63) is 46.4 Å². The molecule has 0 spiro atoms. The summed E-state index contributed by atoms with van der Waals surface area (Å²) < 4.78 is 38.6. The molecule has 0 aromatic heterocycles. The van der Waals surface area contributed by atoms with Crippen LogP contribution in [0.2, 0.25) is 10.0 Å². The minimum Gasteiger partial charge on any atom is -0.494 e. The predicted molar refractivity (Wildman–Crippen MR) is 112 cm³/mol. The molecule has 1 aliphatic heterocycles. The molecule has 1 fully saturated rings. The van der Waals surface area contributed by atoms with Gasteiger partial charge in [0, 0.05) is 26.2 Å². The van der Waals surface area contributed by atoms with Crippen molar-refractivity contribution >= 4 is 38.9 Å². The molecule has 0 aliphatic carbocycles. The third-order valence-corrected chi connectivity index (χ3v) is 7.29. The number of rotatable bonds is 6. The van der Waals surface area contributed by atoms with Crippen LogP contribution in [0, 0.1) is 0 Å². The van der Waals surface area contributed by atoms with Gasteiger partial charge in [0.15, 0.2) is 5.75 Å². The normalized spacial score (nSPS) is 15.5. The second-order valence-corrected chi connectivity index (χ2v) is 8.88. The van der Waals surface area contributed by atoms with E-state index >= 15 is 0 Å². The summed E-state index contributed by atoms with van der Waals surface area (Å²) in [6, 6.07) is 10.7. The van der Waals surface area contributed by atoms with E-state index in [9.17, 15) is 8.42 Å². The molecular weight excluding hydrogens is 423 g/mol. The second-order valence-electron chi connectivity index (χ2n) is 6.18. The van der Waals surface area contributed by atoms with Gasteiger partial charge in [0.25, 0.3) is 0 Å². The highest BCUT2D eigenvalue weighted by atomic mass is 35.5. The van der Waals surface area contributed by atoms with Crippen molar-refractivity contribution in [1.82, 2.24) is 4.31 Å². The Morgan fingerprint density at radius 1 is 1.04 bits per heavy atom. The van der Waals surface area contributed by atoms with Gasteiger partial charge >= 0.3 is 0 Å². The maximum atomic E-state index is 13.1. The van der Waals surface area contributed by atoms with Crippen molar-refractivity contribution in [2.45, 2.75) is 11.8 Å². The third kappa shape index (κ3) is 4.03. The lowest BCUT2D eigenvalue weighted by molar-refractivity contribution is 0.336. The largest absolute Gasteiger partial charge is 0.494 e. The highest BCUT2D eigenvalue weighted by Crippen LogP contribution is 2.39. The molecule has 0 bridgehead atoms. The van der Waals surface area contributed by atoms with E-state index in [0.29, 0.717) is 32.8 Å². The maximum Gasteiger partial charge on any atom is 0.246 e. The van der Waals surface area contributed by atoms with Gasteiger partial charge in [-0.15, -0.1) is 0 Å². The van der Waals surface area contributed by atoms with Crippen LogP contribution >= 0.6 is 23.2 Å². The second kappa shape index (κ2) is 8.78. The van der Waals surface area contributed by atoms with Crippen LogP contribution in [0.1, 0.15) is 6.92 Å². The molecule has 3 rings (SSSR count). The summed E-state index contributed by atoms with van der Waals surface area (Å²) in [5.74, 6) is 0.866. The molecule has 2 aromatic carbocycles. The van der Waals surface area contributed by atoms with Crippen LogP contribution in [0.25, 0.3) is 0 Å². The molecule has 0 unspecified atom stereocenters. The van der Waals surface area contributed by atoms with Crippen LogP contribution in [0.15, 0.2) is 41.3 Å². The number of halogens is 2. The van der Waals surface area contributed by atoms with Crippen LogP contribution in [0.3, 0.4) is 0 Å². The number of sulfonamides is 1. The SMILES string of the molecule is CCOc1ccccc1N1CCN(S(=O)(=O)c2ccc(Cl)c(Cl)c2OC)CC1. The fraction of sp³-hybridized carbons (Fsp3) is 0.368. The van der Waals surface area contributed by atoms with E-state index in [1.807, 2.05) is 31.2 Å². The first-order valence-electron chi connectivity index (χ1n) is 8.89. The molecule has 1 heterocycles. The Kier molecular flexibility index (Phi) is 6.60. The molecule has 9 heteroatoms. The molecule has 6 nitrogen and oxygen atoms in total. The molecule has 0 atom stereocenters. The average molecular weight is 445 g/mol. The lowest BCUT2D eigenvalue weighted by Gasteiger charge is -2.36. The van der Waals surface area contributed by atoms with Gasteiger partial charge in [0.1, 0.15) is 15.7 Å². The molecule has 0 radical (unpaired) electrons. The molecule has 1 aliphatic rings. The number of nitrogens with zero attached hydrogens (tertiary/aromatic N) is 2. The summed E-state index contributed by atoms with van der Waals surface area (Å²) in [4.78, 5) is 2.15. The summed E-state index contributed by atoms with van der Waals surface area (Å²) >= 11 is 12.1. The van der Waals surface area contributed by atoms with Crippen LogP contribution < -0.4 is 14.4 Å². The minimum atomic E-state index is -3.76. The van der Waals surface area contributed by atoms with Gasteiger partial charge < -0.3 is 14.4 Å². The fourth-order valence-corrected chi connectivity index (χ4v) is 5.24. The monoisotopic (exact) mass is 444 g/mol. The number of anilines is 1. The highest BCUT2D eigenvalue weighted by molar-refractivity contribution is 7.89. The summed E-state index contributed by atoms with van der Waals surface area (Å²) in [5, 5.41) is 0.337. The Morgan fingerprint density at radius 2 is 1.71 bits per heavy atom. The Bertz CT molecular complexity index is 945. The number of hydrogen-bond acceptors (Lipinski definition) is 5. The molecule has 152 valence electrons. The maximum absolute atomic E-state index is 13.1. The summed E-state index contributed by atoms with van der Waals surface area (Å²) in [5.41, 5.74) is 0.966. The van der Waals surface area contributed by atoms with E-state index in [-0.39, 0.29) is 20.7 Å². The van der Waals surface area contributed by atoms with Crippen LogP contribution in [0.5, 0.6) is 11.5 Å².